The molecule has 0 aliphatic carbocycles. The molecule has 226 valence electrons. The molecule has 0 radical (unpaired) electrons. The number of thioether (sulfide) groups is 1. The Morgan fingerprint density at radius 2 is 2.16 bits per heavy atom. The van der Waals surface area contributed by atoms with Gasteiger partial charge in [-0.1, -0.05) is 0 Å². The lowest BCUT2D eigenvalue weighted by molar-refractivity contribution is -0.150. The SMILES string of the molecule is COc1cc2c(cc1-n1nc(NC(=O)OCCCN3CCOC(=O)C3)c3cnc(-c4cnn5cccnc45)cc31)SCCN2. The quantitative estimate of drug-likeness (QED) is 0.194. The summed E-state index contributed by atoms with van der Waals surface area (Å²) in [4.78, 5) is 36.6. The molecule has 0 bridgehead atoms. The molecule has 1 fully saturated rings. The lowest BCUT2D eigenvalue weighted by Gasteiger charge is -2.25. The Morgan fingerprint density at radius 3 is 3.05 bits per heavy atom. The van der Waals surface area contributed by atoms with E-state index in [-0.39, 0.29) is 19.1 Å². The Labute approximate surface area is 255 Å². The van der Waals surface area contributed by atoms with Gasteiger partial charge in [0.2, 0.25) is 0 Å². The predicted molar refractivity (Wildman–Crippen MR) is 164 cm³/mol. The molecule has 0 unspecified atom stereocenters. The second-order valence-electron chi connectivity index (χ2n) is 10.2. The third kappa shape index (κ3) is 5.46. The minimum atomic E-state index is -0.636. The van der Waals surface area contributed by atoms with Gasteiger partial charge in [0.1, 0.15) is 18.0 Å². The van der Waals surface area contributed by atoms with Crippen LogP contribution in [0, 0.1) is 0 Å². The molecule has 44 heavy (non-hydrogen) atoms. The van der Waals surface area contributed by atoms with Crippen LogP contribution in [0.4, 0.5) is 16.3 Å². The minimum Gasteiger partial charge on any atom is -0.494 e. The molecule has 0 saturated carbocycles. The Kier molecular flexibility index (Phi) is 7.62. The van der Waals surface area contributed by atoms with E-state index in [2.05, 4.69) is 20.7 Å². The van der Waals surface area contributed by atoms with Crippen molar-refractivity contribution < 1.29 is 23.8 Å². The summed E-state index contributed by atoms with van der Waals surface area (Å²) in [5.74, 6) is 1.62. The van der Waals surface area contributed by atoms with Crippen LogP contribution in [0.3, 0.4) is 0 Å². The molecule has 5 aromatic rings. The Bertz CT molecular complexity index is 1870. The van der Waals surface area contributed by atoms with E-state index in [1.165, 1.54) is 0 Å². The first kappa shape index (κ1) is 27.9. The number of hydrogen-bond donors (Lipinski definition) is 2. The number of nitrogens with one attached hydrogen (secondary N) is 2. The summed E-state index contributed by atoms with van der Waals surface area (Å²) in [6.07, 6.45) is 6.87. The van der Waals surface area contributed by atoms with E-state index in [9.17, 15) is 9.59 Å². The summed E-state index contributed by atoms with van der Waals surface area (Å²) >= 11 is 1.75. The van der Waals surface area contributed by atoms with E-state index in [1.807, 2.05) is 35.4 Å². The van der Waals surface area contributed by atoms with Crippen LogP contribution in [0.25, 0.3) is 33.5 Å². The summed E-state index contributed by atoms with van der Waals surface area (Å²) in [6, 6.07) is 7.71. The van der Waals surface area contributed by atoms with Gasteiger partial charge in [-0.2, -0.15) is 5.10 Å². The highest BCUT2D eigenvalue weighted by molar-refractivity contribution is 7.99. The number of methoxy groups -OCH3 is 1. The van der Waals surface area contributed by atoms with Gasteiger partial charge in [-0.15, -0.1) is 16.9 Å². The van der Waals surface area contributed by atoms with Crippen LogP contribution in [-0.4, -0.2) is 98.6 Å². The average Bonchev–Trinajstić information content (AvgIpc) is 3.64. The lowest BCUT2D eigenvalue weighted by atomic mass is 10.2. The Hall–Kier alpha value is -4.89. The summed E-state index contributed by atoms with van der Waals surface area (Å²) in [7, 11) is 1.62. The van der Waals surface area contributed by atoms with Gasteiger partial charge in [-0.25, -0.2) is 19.0 Å². The van der Waals surface area contributed by atoms with E-state index in [1.54, 1.807) is 46.7 Å². The van der Waals surface area contributed by atoms with Crippen molar-refractivity contribution in [1.82, 2.24) is 34.3 Å². The summed E-state index contributed by atoms with van der Waals surface area (Å²) in [5, 5.41) is 16.1. The number of anilines is 2. The molecule has 15 heteroatoms. The molecule has 2 aliphatic heterocycles. The van der Waals surface area contributed by atoms with Crippen LogP contribution < -0.4 is 15.4 Å². The standard InChI is InChI=1S/C29H29N9O5S/c1-41-24-13-21-25(44-11-5-30-21)14-23(24)38-22-12-20(18-16-33-37-7-2-4-31-28(18)37)32-15-19(22)27(35-38)34-29(40)43-9-3-6-36-8-10-42-26(39)17-36/h2,4,7,12-16,30H,3,5-6,8-11,17H2,1H3,(H,34,35,40). The number of aromatic nitrogens is 6. The fourth-order valence-electron chi connectivity index (χ4n) is 5.30. The second-order valence-corrected chi connectivity index (χ2v) is 11.3. The number of ether oxygens (including phenoxy) is 3. The average molecular weight is 616 g/mol. The van der Waals surface area contributed by atoms with Gasteiger partial charge in [0.15, 0.2) is 11.5 Å². The van der Waals surface area contributed by atoms with Crippen molar-refractivity contribution in [3.63, 3.8) is 0 Å². The number of amides is 1. The number of esters is 1. The number of carbonyl (C=O) groups excluding carboxylic acids is 2. The molecule has 1 amide bonds. The second kappa shape index (κ2) is 12.0. The maximum atomic E-state index is 12.9. The molecule has 1 aromatic carbocycles. The Balaban J connectivity index is 1.21. The zero-order valence-electron chi connectivity index (χ0n) is 23.9. The number of nitrogens with zero attached hydrogens (tertiary/aromatic N) is 7. The van der Waals surface area contributed by atoms with Gasteiger partial charge in [-0.05, 0) is 24.6 Å². The highest BCUT2D eigenvalue weighted by atomic mass is 32.2. The number of benzene rings is 1. The third-order valence-corrected chi connectivity index (χ3v) is 8.46. The summed E-state index contributed by atoms with van der Waals surface area (Å²) < 4.78 is 19.7. The van der Waals surface area contributed by atoms with Crippen molar-refractivity contribution in [2.24, 2.45) is 0 Å². The third-order valence-electron chi connectivity index (χ3n) is 7.40. The van der Waals surface area contributed by atoms with Gasteiger partial charge < -0.3 is 19.5 Å². The van der Waals surface area contributed by atoms with E-state index in [4.69, 9.17) is 24.3 Å². The first-order chi connectivity index (χ1) is 21.6. The monoisotopic (exact) mass is 615 g/mol. The summed E-state index contributed by atoms with van der Waals surface area (Å²) in [6.45, 7) is 2.97. The van der Waals surface area contributed by atoms with E-state index < -0.39 is 6.09 Å². The highest BCUT2D eigenvalue weighted by Gasteiger charge is 2.23. The van der Waals surface area contributed by atoms with Gasteiger partial charge in [-0.3, -0.25) is 20.0 Å². The van der Waals surface area contributed by atoms with Gasteiger partial charge in [0, 0.05) is 54.9 Å². The van der Waals surface area contributed by atoms with Crippen LogP contribution in [0.15, 0.2) is 53.9 Å². The number of morpholine rings is 1. The largest absolute Gasteiger partial charge is 0.494 e. The van der Waals surface area contributed by atoms with Crippen LogP contribution in [0.1, 0.15) is 6.42 Å². The molecule has 6 heterocycles. The number of cyclic esters (lactones) is 1. The van der Waals surface area contributed by atoms with Crippen molar-refractivity contribution in [1.29, 1.82) is 0 Å². The number of hydrogen-bond acceptors (Lipinski definition) is 12. The van der Waals surface area contributed by atoms with E-state index >= 15 is 0 Å². The molecule has 2 aliphatic rings. The molecule has 0 spiro atoms. The number of carbonyl (C=O) groups is 2. The first-order valence-corrected chi connectivity index (χ1v) is 15.1. The fourth-order valence-corrected chi connectivity index (χ4v) is 6.20. The van der Waals surface area contributed by atoms with Crippen molar-refractivity contribution in [3.05, 3.63) is 49.1 Å². The number of pyridine rings is 1. The number of rotatable bonds is 8. The molecule has 4 aromatic heterocycles. The zero-order valence-corrected chi connectivity index (χ0v) is 24.7. The van der Waals surface area contributed by atoms with Crippen molar-refractivity contribution in [2.45, 2.75) is 11.3 Å². The maximum Gasteiger partial charge on any atom is 0.412 e. The van der Waals surface area contributed by atoms with Gasteiger partial charge in [0.25, 0.3) is 0 Å². The topological polar surface area (TPSA) is 150 Å². The summed E-state index contributed by atoms with van der Waals surface area (Å²) in [5.41, 5.74) is 4.49. The van der Waals surface area contributed by atoms with Crippen LogP contribution in [-0.2, 0) is 14.3 Å². The molecule has 7 rings (SSSR count). The zero-order chi connectivity index (χ0) is 30.0. The molecular formula is C29H29N9O5S. The minimum absolute atomic E-state index is 0.184. The smallest absolute Gasteiger partial charge is 0.412 e. The molecular weight excluding hydrogens is 586 g/mol. The van der Waals surface area contributed by atoms with Crippen molar-refractivity contribution in [2.75, 3.05) is 62.9 Å². The molecule has 1 saturated heterocycles. The van der Waals surface area contributed by atoms with Crippen LogP contribution >= 0.6 is 11.8 Å². The first-order valence-electron chi connectivity index (χ1n) is 14.2. The Morgan fingerprint density at radius 1 is 1.23 bits per heavy atom. The van der Waals surface area contributed by atoms with E-state index in [0.29, 0.717) is 65.6 Å². The van der Waals surface area contributed by atoms with Crippen LogP contribution in [0.5, 0.6) is 5.75 Å². The van der Waals surface area contributed by atoms with Crippen molar-refractivity contribution >= 4 is 51.9 Å². The van der Waals surface area contributed by atoms with Crippen LogP contribution in [0.2, 0.25) is 0 Å². The molecule has 2 N–H and O–H groups in total. The van der Waals surface area contributed by atoms with E-state index in [0.717, 1.165) is 28.4 Å². The lowest BCUT2D eigenvalue weighted by Crippen LogP contribution is -2.40. The number of fused-ring (bicyclic) bond motifs is 3. The molecule has 14 nitrogen and oxygen atoms in total. The highest BCUT2D eigenvalue weighted by Crippen LogP contribution is 2.40. The normalized spacial score (nSPS) is 15.1. The predicted octanol–water partition coefficient (Wildman–Crippen LogP) is 3.45. The van der Waals surface area contributed by atoms with Gasteiger partial charge in [0.05, 0.1) is 54.3 Å². The van der Waals surface area contributed by atoms with Gasteiger partial charge >= 0.3 is 12.1 Å². The fraction of sp³-hybridized carbons (Fsp3) is 0.310. The maximum absolute atomic E-state index is 12.9. The molecule has 0 atom stereocenters. The van der Waals surface area contributed by atoms with Crippen molar-refractivity contribution in [3.8, 4) is 22.7 Å².